The van der Waals surface area contributed by atoms with Gasteiger partial charge in [-0.05, 0) is 42.8 Å². The summed E-state index contributed by atoms with van der Waals surface area (Å²) in [5, 5.41) is 5.64. The van der Waals surface area contributed by atoms with Crippen LogP contribution in [0.5, 0.6) is 0 Å². The number of aromatic nitrogens is 1. The van der Waals surface area contributed by atoms with Crippen LogP contribution in [-0.4, -0.2) is 22.6 Å². The summed E-state index contributed by atoms with van der Waals surface area (Å²) in [5.41, 5.74) is 3.51. The van der Waals surface area contributed by atoms with E-state index in [1.807, 2.05) is 49.4 Å². The van der Waals surface area contributed by atoms with Crippen molar-refractivity contribution >= 4 is 56.5 Å². The number of amides is 2. The first-order valence-corrected chi connectivity index (χ1v) is 9.47. The van der Waals surface area contributed by atoms with Crippen LogP contribution in [0, 0.1) is 6.92 Å². The molecule has 2 aromatic carbocycles. The molecule has 0 aliphatic heterocycles. The van der Waals surface area contributed by atoms with E-state index in [-0.39, 0.29) is 11.8 Å². The minimum Gasteiger partial charge on any atom is -0.326 e. The van der Waals surface area contributed by atoms with Crippen molar-refractivity contribution in [3.05, 3.63) is 48.0 Å². The Morgan fingerprint density at radius 2 is 1.92 bits per heavy atom. The van der Waals surface area contributed by atoms with E-state index in [1.54, 1.807) is 0 Å². The molecule has 3 aromatic rings. The summed E-state index contributed by atoms with van der Waals surface area (Å²) in [6, 6.07) is 13.3. The zero-order valence-electron chi connectivity index (χ0n) is 13.8. The fourth-order valence-electron chi connectivity index (χ4n) is 2.29. The normalized spacial score (nSPS) is 10.6. The lowest BCUT2D eigenvalue weighted by Gasteiger charge is -2.04. The largest absolute Gasteiger partial charge is 0.326 e. The van der Waals surface area contributed by atoms with Crippen LogP contribution >= 0.6 is 23.1 Å². The topological polar surface area (TPSA) is 71.1 Å². The lowest BCUT2D eigenvalue weighted by atomic mass is 10.2. The van der Waals surface area contributed by atoms with E-state index < -0.39 is 0 Å². The predicted molar refractivity (Wildman–Crippen MR) is 104 cm³/mol. The molecule has 2 N–H and O–H groups in total. The Balaban J connectivity index is 1.62. The maximum absolute atomic E-state index is 12.1. The molecule has 2 amide bonds. The fraction of sp³-hybridized carbons (Fsp3) is 0.167. The minimum atomic E-state index is -0.105. The van der Waals surface area contributed by atoms with E-state index in [9.17, 15) is 9.59 Å². The van der Waals surface area contributed by atoms with Gasteiger partial charge < -0.3 is 10.6 Å². The highest BCUT2D eigenvalue weighted by molar-refractivity contribution is 8.01. The average molecular weight is 371 g/mol. The number of rotatable bonds is 5. The number of hydrogen-bond donors (Lipinski definition) is 2. The van der Waals surface area contributed by atoms with Gasteiger partial charge in [-0.25, -0.2) is 4.98 Å². The van der Waals surface area contributed by atoms with Crippen LogP contribution in [0.25, 0.3) is 10.2 Å². The smallest absolute Gasteiger partial charge is 0.234 e. The molecule has 0 saturated heterocycles. The van der Waals surface area contributed by atoms with Gasteiger partial charge in [0.25, 0.3) is 0 Å². The summed E-state index contributed by atoms with van der Waals surface area (Å²) in [5.74, 6) is 0.131. The monoisotopic (exact) mass is 371 g/mol. The van der Waals surface area contributed by atoms with Gasteiger partial charge in [-0.15, -0.1) is 11.3 Å². The van der Waals surface area contributed by atoms with Crippen LogP contribution in [0.2, 0.25) is 0 Å². The van der Waals surface area contributed by atoms with Gasteiger partial charge >= 0.3 is 0 Å². The van der Waals surface area contributed by atoms with Gasteiger partial charge in [-0.1, -0.05) is 23.9 Å². The zero-order valence-corrected chi connectivity index (χ0v) is 15.5. The van der Waals surface area contributed by atoms with E-state index in [4.69, 9.17) is 0 Å². The summed E-state index contributed by atoms with van der Waals surface area (Å²) < 4.78 is 1.81. The number of aryl methyl sites for hydroxylation is 1. The molecule has 1 aromatic heterocycles. The molecule has 3 rings (SSSR count). The number of nitrogens with zero attached hydrogens (tertiary/aromatic N) is 1. The van der Waals surface area contributed by atoms with Gasteiger partial charge in [-0.3, -0.25) is 9.59 Å². The lowest BCUT2D eigenvalue weighted by molar-refractivity contribution is -0.114. The first-order chi connectivity index (χ1) is 12.0. The highest BCUT2D eigenvalue weighted by Crippen LogP contribution is 2.31. The number of thiazole rings is 1. The second kappa shape index (κ2) is 7.67. The SMILES string of the molecule is CC(=O)Nc1ccc2nc(SCC(=O)Nc3cccc(C)c3)sc2c1. The molecule has 0 bridgehead atoms. The molecule has 128 valence electrons. The van der Waals surface area contributed by atoms with Crippen LogP contribution in [0.15, 0.2) is 46.8 Å². The maximum Gasteiger partial charge on any atom is 0.234 e. The number of thioether (sulfide) groups is 1. The minimum absolute atomic E-state index is 0.0613. The molecule has 0 aliphatic carbocycles. The average Bonchev–Trinajstić information content (AvgIpc) is 2.94. The van der Waals surface area contributed by atoms with Gasteiger partial charge in [0.05, 0.1) is 16.0 Å². The molecule has 0 radical (unpaired) electrons. The fourth-order valence-corrected chi connectivity index (χ4v) is 4.20. The van der Waals surface area contributed by atoms with Crippen molar-refractivity contribution in [2.45, 2.75) is 18.2 Å². The number of carbonyl (C=O) groups excluding carboxylic acids is 2. The zero-order chi connectivity index (χ0) is 17.8. The van der Waals surface area contributed by atoms with Crippen molar-refractivity contribution in [3.63, 3.8) is 0 Å². The second-order valence-corrected chi connectivity index (χ2v) is 7.80. The Hall–Kier alpha value is -2.38. The molecule has 0 aliphatic rings. The molecule has 7 heteroatoms. The van der Waals surface area contributed by atoms with Crippen LogP contribution in [0.1, 0.15) is 12.5 Å². The van der Waals surface area contributed by atoms with Crippen LogP contribution in [-0.2, 0) is 9.59 Å². The molecule has 0 fully saturated rings. The summed E-state index contributed by atoms with van der Waals surface area (Å²) in [7, 11) is 0. The molecule has 5 nitrogen and oxygen atoms in total. The van der Waals surface area contributed by atoms with Crippen molar-refractivity contribution < 1.29 is 9.59 Å². The number of fused-ring (bicyclic) bond motifs is 1. The lowest BCUT2D eigenvalue weighted by Crippen LogP contribution is -2.13. The third-order valence-electron chi connectivity index (χ3n) is 3.32. The van der Waals surface area contributed by atoms with Gasteiger partial charge in [-0.2, -0.15) is 0 Å². The number of nitrogens with one attached hydrogen (secondary N) is 2. The molecule has 1 heterocycles. The van der Waals surface area contributed by atoms with Crippen LogP contribution in [0.4, 0.5) is 11.4 Å². The molecular formula is C18H17N3O2S2. The summed E-state index contributed by atoms with van der Waals surface area (Å²) in [6.07, 6.45) is 0. The molecule has 0 atom stereocenters. The molecule has 0 spiro atoms. The maximum atomic E-state index is 12.1. The molecular weight excluding hydrogens is 354 g/mol. The van der Waals surface area contributed by atoms with Crippen molar-refractivity contribution in [1.82, 2.24) is 4.98 Å². The first-order valence-electron chi connectivity index (χ1n) is 7.67. The predicted octanol–water partition coefficient (Wildman–Crippen LogP) is 4.29. The van der Waals surface area contributed by atoms with Gasteiger partial charge in [0, 0.05) is 18.3 Å². The summed E-state index contributed by atoms with van der Waals surface area (Å²) in [6.45, 7) is 3.46. The van der Waals surface area contributed by atoms with Crippen molar-refractivity contribution in [1.29, 1.82) is 0 Å². The third-order valence-corrected chi connectivity index (χ3v) is 5.48. The second-order valence-electron chi connectivity index (χ2n) is 5.55. The Kier molecular flexibility index (Phi) is 5.35. The molecule has 25 heavy (non-hydrogen) atoms. The summed E-state index contributed by atoms with van der Waals surface area (Å²) in [4.78, 5) is 27.7. The first kappa shape index (κ1) is 17.4. The third kappa shape index (κ3) is 4.80. The molecule has 0 unspecified atom stereocenters. The van der Waals surface area contributed by atoms with Crippen molar-refractivity contribution in [2.75, 3.05) is 16.4 Å². The number of carbonyl (C=O) groups is 2. The van der Waals surface area contributed by atoms with Crippen molar-refractivity contribution in [2.24, 2.45) is 0 Å². The van der Waals surface area contributed by atoms with E-state index >= 15 is 0 Å². The number of benzene rings is 2. The standard InChI is InChI=1S/C18H17N3O2S2/c1-11-4-3-5-13(8-11)20-17(23)10-24-18-21-15-7-6-14(19-12(2)22)9-16(15)25-18/h3-9H,10H2,1-2H3,(H,19,22)(H,20,23). The quantitative estimate of drug-likeness (QED) is 0.656. The van der Waals surface area contributed by atoms with E-state index in [0.29, 0.717) is 5.75 Å². The van der Waals surface area contributed by atoms with E-state index in [0.717, 1.165) is 31.5 Å². The highest BCUT2D eigenvalue weighted by atomic mass is 32.2. The Labute approximate surface area is 153 Å². The van der Waals surface area contributed by atoms with Crippen LogP contribution in [0.3, 0.4) is 0 Å². The molecule has 0 saturated carbocycles. The number of anilines is 2. The van der Waals surface area contributed by atoms with E-state index in [2.05, 4.69) is 15.6 Å². The Morgan fingerprint density at radius 1 is 1.12 bits per heavy atom. The number of hydrogen-bond acceptors (Lipinski definition) is 5. The Bertz CT molecular complexity index is 937. The Morgan fingerprint density at radius 3 is 2.68 bits per heavy atom. The highest BCUT2D eigenvalue weighted by Gasteiger charge is 2.09. The van der Waals surface area contributed by atoms with E-state index in [1.165, 1.54) is 30.0 Å². The summed E-state index contributed by atoms with van der Waals surface area (Å²) >= 11 is 2.92. The van der Waals surface area contributed by atoms with Crippen LogP contribution < -0.4 is 10.6 Å². The van der Waals surface area contributed by atoms with Gasteiger partial charge in [0.15, 0.2) is 4.34 Å². The van der Waals surface area contributed by atoms with Crippen molar-refractivity contribution in [3.8, 4) is 0 Å². The van der Waals surface area contributed by atoms with Gasteiger partial charge in [0.2, 0.25) is 11.8 Å². The van der Waals surface area contributed by atoms with Gasteiger partial charge in [0.1, 0.15) is 0 Å².